The van der Waals surface area contributed by atoms with Crippen molar-refractivity contribution in [2.24, 2.45) is 0 Å². The minimum Gasteiger partial charge on any atom is -0.399 e. The molecule has 3 amide bonds. The highest BCUT2D eigenvalue weighted by atomic mass is 32.1. The summed E-state index contributed by atoms with van der Waals surface area (Å²) < 4.78 is 1.11. The molecule has 0 saturated carbocycles. The molecule has 0 radical (unpaired) electrons. The number of nitrogens with one attached hydrogen (secondary N) is 1. The number of thiazole rings is 1. The van der Waals surface area contributed by atoms with Crippen LogP contribution in [0.3, 0.4) is 0 Å². The molecule has 1 aromatic heterocycles. The molecular formula is C24H20N4O3S. The number of carbonyl (C=O) groups excluding carboxylic acids is 3. The van der Waals surface area contributed by atoms with Gasteiger partial charge in [-0.25, -0.2) is 9.88 Å². The Morgan fingerprint density at radius 3 is 2.31 bits per heavy atom. The quantitative estimate of drug-likeness (QED) is 0.361. The number of carbonyl (C=O) groups is 3. The molecule has 0 aliphatic rings. The molecule has 0 unspecified atom stereocenters. The second-order valence-corrected chi connectivity index (χ2v) is 8.30. The number of aromatic nitrogens is 1. The summed E-state index contributed by atoms with van der Waals surface area (Å²) in [5.41, 5.74) is 9.86. The Kier molecular flexibility index (Phi) is 5.70. The van der Waals surface area contributed by atoms with E-state index in [1.165, 1.54) is 24.6 Å². The van der Waals surface area contributed by atoms with Gasteiger partial charge >= 0.3 is 11.8 Å². The molecule has 160 valence electrons. The van der Waals surface area contributed by atoms with Gasteiger partial charge in [-0.2, -0.15) is 0 Å². The predicted octanol–water partition coefficient (Wildman–Crippen LogP) is 4.37. The van der Waals surface area contributed by atoms with Crippen LogP contribution in [-0.2, 0) is 14.4 Å². The summed E-state index contributed by atoms with van der Waals surface area (Å²) in [7, 11) is 0. The molecule has 4 aromatic rings. The Bertz CT molecular complexity index is 1330. The number of amides is 3. The monoisotopic (exact) mass is 444 g/mol. The molecule has 0 spiro atoms. The maximum Gasteiger partial charge on any atom is 0.323 e. The third-order valence-corrected chi connectivity index (χ3v) is 5.86. The van der Waals surface area contributed by atoms with Gasteiger partial charge < -0.3 is 11.1 Å². The zero-order valence-corrected chi connectivity index (χ0v) is 18.3. The minimum atomic E-state index is -0.979. The van der Waals surface area contributed by atoms with Gasteiger partial charge in [0.05, 0.1) is 15.9 Å². The normalized spacial score (nSPS) is 10.7. The van der Waals surface area contributed by atoms with Crippen molar-refractivity contribution in [2.45, 2.75) is 13.8 Å². The number of hydrogen-bond acceptors (Lipinski definition) is 6. The summed E-state index contributed by atoms with van der Waals surface area (Å²) in [5, 5.41) is 3.41. The lowest BCUT2D eigenvalue weighted by Gasteiger charge is -2.18. The molecule has 3 aromatic carbocycles. The van der Waals surface area contributed by atoms with Crippen LogP contribution >= 0.6 is 11.3 Å². The van der Waals surface area contributed by atoms with Crippen molar-refractivity contribution >= 4 is 56.3 Å². The number of imide groups is 1. The second kappa shape index (κ2) is 8.60. The number of aryl methyl sites for hydroxylation is 1. The fourth-order valence-electron chi connectivity index (χ4n) is 3.20. The van der Waals surface area contributed by atoms with Gasteiger partial charge in [-0.3, -0.25) is 14.4 Å². The number of benzene rings is 3. The molecule has 0 aliphatic carbocycles. The Morgan fingerprint density at radius 1 is 0.969 bits per heavy atom. The van der Waals surface area contributed by atoms with Crippen molar-refractivity contribution in [3.63, 3.8) is 0 Å². The van der Waals surface area contributed by atoms with E-state index in [1.54, 1.807) is 35.6 Å². The van der Waals surface area contributed by atoms with E-state index in [0.717, 1.165) is 25.7 Å². The zero-order valence-electron chi connectivity index (χ0n) is 17.5. The van der Waals surface area contributed by atoms with Gasteiger partial charge in [-0.15, -0.1) is 11.3 Å². The van der Waals surface area contributed by atoms with E-state index >= 15 is 0 Å². The lowest BCUT2D eigenvalue weighted by molar-refractivity contribution is -0.136. The fraction of sp³-hybridized carbons (Fsp3) is 0.0833. The van der Waals surface area contributed by atoms with Gasteiger partial charge in [0, 0.05) is 23.9 Å². The third-order valence-electron chi connectivity index (χ3n) is 4.80. The topological polar surface area (TPSA) is 105 Å². The van der Waals surface area contributed by atoms with Crippen molar-refractivity contribution in [2.75, 3.05) is 16.0 Å². The summed E-state index contributed by atoms with van der Waals surface area (Å²) in [6, 6.07) is 19.3. The Labute approximate surface area is 188 Å². The fourth-order valence-corrected chi connectivity index (χ4v) is 4.27. The summed E-state index contributed by atoms with van der Waals surface area (Å²) in [5.74, 6) is -2.47. The maximum absolute atomic E-state index is 12.6. The molecule has 0 bridgehead atoms. The highest BCUT2D eigenvalue weighted by molar-refractivity contribution is 7.21. The van der Waals surface area contributed by atoms with E-state index in [2.05, 4.69) is 16.4 Å². The minimum absolute atomic E-state index is 0.272. The van der Waals surface area contributed by atoms with Crippen molar-refractivity contribution in [3.8, 4) is 10.6 Å². The lowest BCUT2D eigenvalue weighted by Crippen LogP contribution is -2.42. The Morgan fingerprint density at radius 2 is 1.66 bits per heavy atom. The molecule has 8 heteroatoms. The molecule has 4 rings (SSSR count). The van der Waals surface area contributed by atoms with Crippen LogP contribution in [0.1, 0.15) is 12.5 Å². The molecule has 0 atom stereocenters. The molecule has 0 fully saturated rings. The van der Waals surface area contributed by atoms with Crippen molar-refractivity contribution in [3.05, 3.63) is 72.3 Å². The number of anilines is 3. The molecule has 7 nitrogen and oxygen atoms in total. The summed E-state index contributed by atoms with van der Waals surface area (Å²) in [6.45, 7) is 3.26. The third kappa shape index (κ3) is 4.35. The lowest BCUT2D eigenvalue weighted by atomic mass is 10.2. The Hall–Kier alpha value is -4.04. The molecular weight excluding hydrogens is 424 g/mol. The van der Waals surface area contributed by atoms with E-state index < -0.39 is 17.7 Å². The number of fused-ring (bicyclic) bond motifs is 1. The Balaban J connectivity index is 1.50. The van der Waals surface area contributed by atoms with Gasteiger partial charge in [0.25, 0.3) is 0 Å². The van der Waals surface area contributed by atoms with Crippen LogP contribution in [0.15, 0.2) is 66.7 Å². The largest absolute Gasteiger partial charge is 0.399 e. The molecule has 0 aliphatic heterocycles. The first-order valence-corrected chi connectivity index (χ1v) is 10.6. The average molecular weight is 445 g/mol. The van der Waals surface area contributed by atoms with Crippen LogP contribution in [0, 0.1) is 6.92 Å². The van der Waals surface area contributed by atoms with Crippen molar-refractivity contribution in [1.29, 1.82) is 0 Å². The van der Waals surface area contributed by atoms with E-state index in [4.69, 9.17) is 5.73 Å². The van der Waals surface area contributed by atoms with Crippen LogP contribution in [0.2, 0.25) is 0 Å². The molecule has 1 heterocycles. The van der Waals surface area contributed by atoms with Gasteiger partial charge in [-0.1, -0.05) is 6.07 Å². The van der Waals surface area contributed by atoms with Gasteiger partial charge in [0.2, 0.25) is 5.91 Å². The highest BCUT2D eigenvalue weighted by Gasteiger charge is 2.27. The second-order valence-electron chi connectivity index (χ2n) is 7.27. The van der Waals surface area contributed by atoms with E-state index in [1.807, 2.05) is 31.2 Å². The summed E-state index contributed by atoms with van der Waals surface area (Å²) in [6.07, 6.45) is 0. The average Bonchev–Trinajstić information content (AvgIpc) is 3.18. The zero-order chi connectivity index (χ0) is 22.8. The smallest absolute Gasteiger partial charge is 0.323 e. The van der Waals surface area contributed by atoms with Gasteiger partial charge in [0.15, 0.2) is 0 Å². The van der Waals surface area contributed by atoms with E-state index in [0.29, 0.717) is 11.4 Å². The van der Waals surface area contributed by atoms with Gasteiger partial charge in [0.1, 0.15) is 5.01 Å². The van der Waals surface area contributed by atoms with Crippen LogP contribution < -0.4 is 16.0 Å². The number of rotatable bonds is 3. The predicted molar refractivity (Wildman–Crippen MR) is 127 cm³/mol. The summed E-state index contributed by atoms with van der Waals surface area (Å²) >= 11 is 1.59. The van der Waals surface area contributed by atoms with Crippen molar-refractivity contribution in [1.82, 2.24) is 4.98 Å². The van der Waals surface area contributed by atoms with Gasteiger partial charge in [-0.05, 0) is 73.2 Å². The summed E-state index contributed by atoms with van der Waals surface area (Å²) in [4.78, 5) is 42.6. The molecule has 32 heavy (non-hydrogen) atoms. The van der Waals surface area contributed by atoms with Crippen LogP contribution in [0.5, 0.6) is 0 Å². The first-order valence-electron chi connectivity index (χ1n) is 9.81. The van der Waals surface area contributed by atoms with Crippen LogP contribution in [0.25, 0.3) is 20.8 Å². The highest BCUT2D eigenvalue weighted by Crippen LogP contribution is 2.31. The van der Waals surface area contributed by atoms with E-state index in [-0.39, 0.29) is 5.69 Å². The number of nitrogens with zero attached hydrogens (tertiary/aromatic N) is 2. The number of nitrogens with two attached hydrogens (primary N) is 1. The van der Waals surface area contributed by atoms with Crippen LogP contribution in [-0.4, -0.2) is 22.7 Å². The standard InChI is InChI=1S/C24H20N4O3S/c1-14-3-12-20-21(13-14)32-23(27-20)16-4-8-18(9-5-16)26-22(30)24(31)28(15(2)29)19-10-6-17(25)7-11-19/h3-13H,25H2,1-2H3,(H,26,30). The molecule has 3 N–H and O–H groups in total. The first-order chi connectivity index (χ1) is 15.3. The molecule has 0 saturated heterocycles. The van der Waals surface area contributed by atoms with Crippen LogP contribution in [0.4, 0.5) is 17.1 Å². The maximum atomic E-state index is 12.6. The number of hydrogen-bond donors (Lipinski definition) is 2. The van der Waals surface area contributed by atoms with E-state index in [9.17, 15) is 14.4 Å². The SMILES string of the molecule is CC(=O)N(C(=O)C(=O)Nc1ccc(-c2nc3ccc(C)cc3s2)cc1)c1ccc(N)cc1. The first kappa shape index (κ1) is 21.2. The van der Waals surface area contributed by atoms with Crippen molar-refractivity contribution < 1.29 is 14.4 Å². The number of nitrogen functional groups attached to an aromatic ring is 1.